The summed E-state index contributed by atoms with van der Waals surface area (Å²) >= 11 is 0. The van der Waals surface area contributed by atoms with Crippen molar-refractivity contribution in [2.75, 3.05) is 31.4 Å². The summed E-state index contributed by atoms with van der Waals surface area (Å²) in [6.45, 7) is 7.05. The lowest BCUT2D eigenvalue weighted by atomic mass is 9.62. The molecular formula is C26H36N4O4. The number of rotatable bonds is 7. The molecule has 2 atom stereocenters. The van der Waals surface area contributed by atoms with Gasteiger partial charge in [-0.1, -0.05) is 45.0 Å². The molecule has 4 amide bonds. The van der Waals surface area contributed by atoms with Crippen molar-refractivity contribution in [1.29, 1.82) is 0 Å². The van der Waals surface area contributed by atoms with Gasteiger partial charge in [0.25, 0.3) is 0 Å². The summed E-state index contributed by atoms with van der Waals surface area (Å²) in [7, 11) is 3.14. The van der Waals surface area contributed by atoms with E-state index in [1.165, 1.54) is 0 Å². The molecule has 8 nitrogen and oxygen atoms in total. The van der Waals surface area contributed by atoms with Gasteiger partial charge in [0.1, 0.15) is 11.5 Å². The van der Waals surface area contributed by atoms with Crippen LogP contribution in [0.3, 0.4) is 0 Å². The van der Waals surface area contributed by atoms with E-state index in [-0.39, 0.29) is 28.9 Å². The van der Waals surface area contributed by atoms with Crippen LogP contribution in [0.15, 0.2) is 48.5 Å². The van der Waals surface area contributed by atoms with Crippen molar-refractivity contribution in [3.05, 3.63) is 48.5 Å². The molecule has 0 saturated heterocycles. The summed E-state index contributed by atoms with van der Waals surface area (Å²) in [5.41, 5.74) is 1.07. The molecule has 0 aliphatic heterocycles. The fraction of sp³-hybridized carbons (Fsp3) is 0.462. The standard InChI is InChI=1S/C26H36N4O4/c1-25(2)14-18(28-24(32)30-20-11-7-9-13-22(20)34-5)15-26(3,16-25)17-27-23(31)29-19-10-6-8-12-21(19)33-4/h6-13,18H,14-17H2,1-5H3,(H2,27,29,31)(H2,28,30,32)/t18-,26-/m0/s1. The Morgan fingerprint density at radius 2 is 1.38 bits per heavy atom. The van der Waals surface area contributed by atoms with Gasteiger partial charge in [-0.15, -0.1) is 0 Å². The molecule has 0 bridgehead atoms. The predicted molar refractivity (Wildman–Crippen MR) is 135 cm³/mol. The minimum absolute atomic E-state index is 0.0101. The SMILES string of the molecule is COc1ccccc1NC(=O)NC[C@@]1(C)C[C@@H](NC(=O)Nc2ccccc2OC)CC(C)(C)C1. The second-order valence-corrected chi connectivity index (χ2v) is 10.1. The molecule has 1 aliphatic carbocycles. The molecule has 4 N–H and O–H groups in total. The Kier molecular flexibility index (Phi) is 7.91. The van der Waals surface area contributed by atoms with Gasteiger partial charge in [-0.2, -0.15) is 0 Å². The highest BCUT2D eigenvalue weighted by Crippen LogP contribution is 2.45. The van der Waals surface area contributed by atoms with E-state index >= 15 is 0 Å². The normalized spacial score (nSPS) is 21.1. The summed E-state index contributed by atoms with van der Waals surface area (Å²) in [5.74, 6) is 1.21. The van der Waals surface area contributed by atoms with Crippen molar-refractivity contribution < 1.29 is 19.1 Å². The zero-order chi connectivity index (χ0) is 24.8. The fourth-order valence-corrected chi connectivity index (χ4v) is 5.17. The Morgan fingerprint density at radius 1 is 0.853 bits per heavy atom. The van der Waals surface area contributed by atoms with Gasteiger partial charge in [0.15, 0.2) is 0 Å². The van der Waals surface area contributed by atoms with Gasteiger partial charge >= 0.3 is 12.1 Å². The van der Waals surface area contributed by atoms with Gasteiger partial charge in [-0.25, -0.2) is 9.59 Å². The van der Waals surface area contributed by atoms with E-state index in [2.05, 4.69) is 42.0 Å². The van der Waals surface area contributed by atoms with Crippen molar-refractivity contribution in [1.82, 2.24) is 10.6 Å². The Bertz CT molecular complexity index is 1010. The van der Waals surface area contributed by atoms with Crippen molar-refractivity contribution in [2.24, 2.45) is 10.8 Å². The molecule has 34 heavy (non-hydrogen) atoms. The maximum atomic E-state index is 12.7. The molecule has 1 saturated carbocycles. The highest BCUT2D eigenvalue weighted by molar-refractivity contribution is 5.91. The van der Waals surface area contributed by atoms with Crippen LogP contribution >= 0.6 is 0 Å². The number of benzene rings is 2. The van der Waals surface area contributed by atoms with Gasteiger partial charge in [-0.3, -0.25) is 0 Å². The number of anilines is 2. The number of para-hydroxylation sites is 4. The molecule has 184 valence electrons. The second-order valence-electron chi connectivity index (χ2n) is 10.1. The predicted octanol–water partition coefficient (Wildman–Crippen LogP) is 5.23. The summed E-state index contributed by atoms with van der Waals surface area (Å²) in [6.07, 6.45) is 2.54. The highest BCUT2D eigenvalue weighted by atomic mass is 16.5. The average molecular weight is 469 g/mol. The molecule has 1 aliphatic rings. The number of carbonyl (C=O) groups is 2. The Morgan fingerprint density at radius 3 is 1.94 bits per heavy atom. The maximum absolute atomic E-state index is 12.7. The Hall–Kier alpha value is -3.42. The number of amides is 4. The van der Waals surface area contributed by atoms with Crippen LogP contribution in [0, 0.1) is 10.8 Å². The van der Waals surface area contributed by atoms with Crippen LogP contribution in [0.5, 0.6) is 11.5 Å². The van der Waals surface area contributed by atoms with Gasteiger partial charge in [0, 0.05) is 12.6 Å². The first-order valence-electron chi connectivity index (χ1n) is 11.5. The molecule has 2 aromatic rings. The van der Waals surface area contributed by atoms with Crippen molar-refractivity contribution in [3.63, 3.8) is 0 Å². The van der Waals surface area contributed by atoms with Crippen LogP contribution in [-0.2, 0) is 0 Å². The van der Waals surface area contributed by atoms with Crippen LogP contribution in [0.4, 0.5) is 21.0 Å². The highest BCUT2D eigenvalue weighted by Gasteiger charge is 2.42. The number of methoxy groups -OCH3 is 2. The van der Waals surface area contributed by atoms with Gasteiger partial charge in [0.2, 0.25) is 0 Å². The van der Waals surface area contributed by atoms with E-state index in [9.17, 15) is 9.59 Å². The number of hydrogen-bond acceptors (Lipinski definition) is 4. The smallest absolute Gasteiger partial charge is 0.319 e. The molecular weight excluding hydrogens is 432 g/mol. The largest absolute Gasteiger partial charge is 0.495 e. The van der Waals surface area contributed by atoms with Crippen LogP contribution in [0.25, 0.3) is 0 Å². The maximum Gasteiger partial charge on any atom is 0.319 e. The molecule has 0 aromatic heterocycles. The van der Waals surface area contributed by atoms with E-state index in [1.807, 2.05) is 24.3 Å². The second kappa shape index (κ2) is 10.7. The molecule has 0 radical (unpaired) electrons. The Labute approximate surface area is 201 Å². The third-order valence-electron chi connectivity index (χ3n) is 6.16. The molecule has 3 rings (SSSR count). The van der Waals surface area contributed by atoms with Gasteiger partial charge < -0.3 is 30.7 Å². The first-order valence-corrected chi connectivity index (χ1v) is 11.5. The van der Waals surface area contributed by atoms with Crippen LogP contribution in [0.1, 0.15) is 40.0 Å². The Balaban J connectivity index is 1.59. The quantitative estimate of drug-likeness (QED) is 0.447. The fourth-order valence-electron chi connectivity index (χ4n) is 5.17. The summed E-state index contributed by atoms with van der Waals surface area (Å²) < 4.78 is 10.6. The third-order valence-corrected chi connectivity index (χ3v) is 6.16. The lowest BCUT2D eigenvalue weighted by molar-refractivity contribution is 0.0761. The topological polar surface area (TPSA) is 101 Å². The molecule has 8 heteroatoms. The van der Waals surface area contributed by atoms with Gasteiger partial charge in [-0.05, 0) is 54.4 Å². The molecule has 0 spiro atoms. The van der Waals surface area contributed by atoms with Crippen molar-refractivity contribution in [2.45, 2.75) is 46.1 Å². The van der Waals surface area contributed by atoms with E-state index in [1.54, 1.807) is 38.5 Å². The monoisotopic (exact) mass is 468 g/mol. The van der Waals surface area contributed by atoms with E-state index in [0.717, 1.165) is 19.3 Å². The summed E-state index contributed by atoms with van der Waals surface area (Å²) in [6, 6.07) is 14.0. The van der Waals surface area contributed by atoms with E-state index < -0.39 is 0 Å². The first-order chi connectivity index (χ1) is 16.1. The molecule has 0 unspecified atom stereocenters. The lowest BCUT2D eigenvalue weighted by Gasteiger charge is -2.46. The van der Waals surface area contributed by atoms with Crippen LogP contribution in [0.2, 0.25) is 0 Å². The minimum Gasteiger partial charge on any atom is -0.495 e. The molecule has 1 fully saturated rings. The van der Waals surface area contributed by atoms with Crippen LogP contribution < -0.4 is 30.7 Å². The number of carbonyl (C=O) groups excluding carboxylic acids is 2. The van der Waals surface area contributed by atoms with E-state index in [4.69, 9.17) is 9.47 Å². The van der Waals surface area contributed by atoms with Gasteiger partial charge in [0.05, 0.1) is 25.6 Å². The van der Waals surface area contributed by atoms with Crippen LogP contribution in [-0.4, -0.2) is 38.9 Å². The number of nitrogens with one attached hydrogen (secondary N) is 4. The van der Waals surface area contributed by atoms with Crippen molar-refractivity contribution in [3.8, 4) is 11.5 Å². The number of hydrogen-bond donors (Lipinski definition) is 4. The first kappa shape index (κ1) is 25.2. The average Bonchev–Trinajstić information content (AvgIpc) is 2.77. The summed E-state index contributed by atoms with van der Waals surface area (Å²) in [5, 5.41) is 11.9. The molecule has 2 aromatic carbocycles. The zero-order valence-electron chi connectivity index (χ0n) is 20.7. The minimum atomic E-state index is -0.285. The van der Waals surface area contributed by atoms with E-state index in [0.29, 0.717) is 29.4 Å². The molecule has 0 heterocycles. The van der Waals surface area contributed by atoms with Crippen molar-refractivity contribution >= 4 is 23.4 Å². The number of urea groups is 2. The third kappa shape index (κ3) is 6.79. The summed E-state index contributed by atoms with van der Waals surface area (Å²) in [4.78, 5) is 25.3. The lowest BCUT2D eigenvalue weighted by Crippen LogP contribution is -2.51. The number of ether oxygens (including phenoxy) is 2. The zero-order valence-corrected chi connectivity index (χ0v) is 20.7.